The number of halogens is 1. The van der Waals surface area contributed by atoms with E-state index in [2.05, 4.69) is 5.43 Å². The van der Waals surface area contributed by atoms with Gasteiger partial charge in [0.15, 0.2) is 0 Å². The van der Waals surface area contributed by atoms with Gasteiger partial charge in [0.1, 0.15) is 5.82 Å². The summed E-state index contributed by atoms with van der Waals surface area (Å²) in [6.07, 6.45) is 0.160. The lowest BCUT2D eigenvalue weighted by atomic mass is 10.1. The SMILES string of the molecule is O=C(O)CCc1ccc(-c2ccccc2)n1NC(=O)c1ccccc1F. The first kappa shape index (κ1) is 17.4. The molecule has 0 radical (unpaired) electrons. The molecule has 0 fully saturated rings. The number of hydrogen-bond acceptors (Lipinski definition) is 2. The van der Waals surface area contributed by atoms with Crippen LogP contribution in [-0.4, -0.2) is 21.7 Å². The van der Waals surface area contributed by atoms with Crippen LogP contribution in [0.2, 0.25) is 0 Å². The Bertz CT molecular complexity index is 935. The minimum absolute atomic E-state index is 0.0756. The third kappa shape index (κ3) is 3.80. The zero-order chi connectivity index (χ0) is 18.5. The van der Waals surface area contributed by atoms with E-state index in [1.165, 1.54) is 22.9 Å². The van der Waals surface area contributed by atoms with Gasteiger partial charge < -0.3 is 5.11 Å². The smallest absolute Gasteiger partial charge is 0.303 e. The molecule has 3 rings (SSSR count). The Balaban J connectivity index is 1.97. The van der Waals surface area contributed by atoms with Crippen molar-refractivity contribution in [3.8, 4) is 11.3 Å². The molecule has 6 heteroatoms. The van der Waals surface area contributed by atoms with Crippen LogP contribution in [0.4, 0.5) is 4.39 Å². The normalized spacial score (nSPS) is 10.5. The van der Waals surface area contributed by atoms with Crippen LogP contribution in [0.5, 0.6) is 0 Å². The van der Waals surface area contributed by atoms with Gasteiger partial charge >= 0.3 is 5.97 Å². The Morgan fingerprint density at radius 3 is 2.35 bits per heavy atom. The Hall–Kier alpha value is -3.41. The fraction of sp³-hybridized carbons (Fsp3) is 0.100. The number of aryl methyl sites for hydroxylation is 1. The van der Waals surface area contributed by atoms with Crippen LogP contribution in [-0.2, 0) is 11.2 Å². The number of nitrogens with zero attached hydrogens (tertiary/aromatic N) is 1. The maximum Gasteiger partial charge on any atom is 0.303 e. The van der Waals surface area contributed by atoms with Crippen LogP contribution in [0.25, 0.3) is 11.3 Å². The van der Waals surface area contributed by atoms with Gasteiger partial charge in [-0.2, -0.15) is 0 Å². The molecule has 2 aromatic carbocycles. The number of carbonyl (C=O) groups excluding carboxylic acids is 1. The standard InChI is InChI=1S/C20H17FN2O3/c21-17-9-5-4-8-16(17)20(26)22-23-15(11-13-19(24)25)10-12-18(23)14-6-2-1-3-7-14/h1-10,12H,11,13H2,(H,22,26)(H,24,25). The Morgan fingerprint density at radius 2 is 1.65 bits per heavy atom. The monoisotopic (exact) mass is 352 g/mol. The number of benzene rings is 2. The van der Waals surface area contributed by atoms with Gasteiger partial charge in [-0.1, -0.05) is 42.5 Å². The third-order valence-electron chi connectivity index (χ3n) is 3.96. The molecule has 3 aromatic rings. The molecule has 2 N–H and O–H groups in total. The van der Waals surface area contributed by atoms with Crippen molar-refractivity contribution in [1.82, 2.24) is 4.68 Å². The van der Waals surface area contributed by atoms with Gasteiger partial charge in [-0.05, 0) is 24.3 Å². The number of carbonyl (C=O) groups is 2. The number of carboxylic acids is 1. The molecule has 0 aliphatic carbocycles. The molecule has 1 heterocycles. The quantitative estimate of drug-likeness (QED) is 0.711. The van der Waals surface area contributed by atoms with E-state index < -0.39 is 17.7 Å². The van der Waals surface area contributed by atoms with Crippen molar-refractivity contribution in [3.63, 3.8) is 0 Å². The summed E-state index contributed by atoms with van der Waals surface area (Å²) in [5, 5.41) is 8.94. The number of aliphatic carboxylic acids is 1. The molecule has 132 valence electrons. The van der Waals surface area contributed by atoms with Crippen molar-refractivity contribution in [2.45, 2.75) is 12.8 Å². The van der Waals surface area contributed by atoms with Crippen LogP contribution in [0.3, 0.4) is 0 Å². The molecular formula is C20H17FN2O3. The van der Waals surface area contributed by atoms with Crippen molar-refractivity contribution >= 4 is 11.9 Å². The second-order valence-electron chi connectivity index (χ2n) is 5.73. The summed E-state index contributed by atoms with van der Waals surface area (Å²) in [5.74, 6) is -2.15. The van der Waals surface area contributed by atoms with Gasteiger partial charge in [0.05, 0.1) is 17.7 Å². The molecule has 0 atom stereocenters. The second-order valence-corrected chi connectivity index (χ2v) is 5.73. The van der Waals surface area contributed by atoms with Crippen LogP contribution < -0.4 is 5.43 Å². The number of rotatable bonds is 6. The third-order valence-corrected chi connectivity index (χ3v) is 3.96. The van der Waals surface area contributed by atoms with E-state index in [-0.39, 0.29) is 18.4 Å². The lowest BCUT2D eigenvalue weighted by Gasteiger charge is -2.15. The zero-order valence-electron chi connectivity index (χ0n) is 13.9. The van der Waals surface area contributed by atoms with Crippen LogP contribution in [0.1, 0.15) is 22.5 Å². The molecule has 26 heavy (non-hydrogen) atoms. The highest BCUT2D eigenvalue weighted by Crippen LogP contribution is 2.22. The fourth-order valence-electron chi connectivity index (χ4n) is 2.68. The first-order valence-electron chi connectivity index (χ1n) is 8.10. The summed E-state index contributed by atoms with van der Waals surface area (Å²) in [5.41, 5.74) is 4.77. The summed E-state index contributed by atoms with van der Waals surface area (Å²) < 4.78 is 15.4. The van der Waals surface area contributed by atoms with Crippen LogP contribution in [0, 0.1) is 5.82 Å². The van der Waals surface area contributed by atoms with Crippen molar-refractivity contribution in [3.05, 3.63) is 83.8 Å². The maximum atomic E-state index is 13.9. The lowest BCUT2D eigenvalue weighted by Crippen LogP contribution is -2.26. The number of carboxylic acid groups (broad SMARTS) is 1. The van der Waals surface area contributed by atoms with E-state index in [4.69, 9.17) is 5.11 Å². The molecule has 0 saturated carbocycles. The lowest BCUT2D eigenvalue weighted by molar-refractivity contribution is -0.136. The zero-order valence-corrected chi connectivity index (χ0v) is 13.9. The molecule has 0 unspecified atom stereocenters. The number of aromatic nitrogens is 1. The first-order valence-corrected chi connectivity index (χ1v) is 8.10. The minimum atomic E-state index is -0.931. The Kier molecular flexibility index (Phi) is 5.12. The summed E-state index contributed by atoms with van der Waals surface area (Å²) in [6.45, 7) is 0. The minimum Gasteiger partial charge on any atom is -0.481 e. The highest BCUT2D eigenvalue weighted by molar-refractivity contribution is 6.00. The largest absolute Gasteiger partial charge is 0.481 e. The topological polar surface area (TPSA) is 71.3 Å². The molecule has 5 nitrogen and oxygen atoms in total. The molecule has 0 aliphatic rings. The van der Waals surface area contributed by atoms with Crippen LogP contribution >= 0.6 is 0 Å². The molecule has 0 aliphatic heterocycles. The average molecular weight is 352 g/mol. The van der Waals surface area contributed by atoms with E-state index in [0.29, 0.717) is 11.4 Å². The van der Waals surface area contributed by atoms with E-state index in [1.807, 2.05) is 30.3 Å². The van der Waals surface area contributed by atoms with Gasteiger partial charge in [0.25, 0.3) is 5.91 Å². The van der Waals surface area contributed by atoms with Gasteiger partial charge in [-0.3, -0.25) is 19.7 Å². The summed E-state index contributed by atoms with van der Waals surface area (Å²) in [6, 6.07) is 18.6. The molecule has 0 saturated heterocycles. The Labute approximate surface area is 149 Å². The van der Waals surface area contributed by atoms with E-state index in [1.54, 1.807) is 18.2 Å². The maximum absolute atomic E-state index is 13.9. The van der Waals surface area contributed by atoms with Crippen molar-refractivity contribution in [2.24, 2.45) is 0 Å². The predicted octanol–water partition coefficient (Wildman–Crippen LogP) is 3.70. The van der Waals surface area contributed by atoms with Crippen molar-refractivity contribution < 1.29 is 19.1 Å². The van der Waals surface area contributed by atoms with Crippen molar-refractivity contribution in [1.29, 1.82) is 0 Å². The first-order chi connectivity index (χ1) is 12.6. The average Bonchev–Trinajstić information content (AvgIpc) is 3.03. The highest BCUT2D eigenvalue weighted by Gasteiger charge is 2.16. The van der Waals surface area contributed by atoms with E-state index >= 15 is 0 Å². The van der Waals surface area contributed by atoms with Gasteiger partial charge in [-0.25, -0.2) is 4.39 Å². The van der Waals surface area contributed by atoms with E-state index in [9.17, 15) is 14.0 Å². The number of hydrogen-bond donors (Lipinski definition) is 2. The number of amides is 1. The molecule has 0 bridgehead atoms. The second kappa shape index (κ2) is 7.65. The molecule has 1 aromatic heterocycles. The molecule has 1 amide bonds. The predicted molar refractivity (Wildman–Crippen MR) is 95.9 cm³/mol. The highest BCUT2D eigenvalue weighted by atomic mass is 19.1. The molecule has 0 spiro atoms. The fourth-order valence-corrected chi connectivity index (χ4v) is 2.68. The van der Waals surface area contributed by atoms with Crippen molar-refractivity contribution in [2.75, 3.05) is 5.43 Å². The van der Waals surface area contributed by atoms with Gasteiger partial charge in [0.2, 0.25) is 0 Å². The summed E-state index contributed by atoms with van der Waals surface area (Å²) >= 11 is 0. The molecular weight excluding hydrogens is 335 g/mol. The Morgan fingerprint density at radius 1 is 0.962 bits per heavy atom. The van der Waals surface area contributed by atoms with Gasteiger partial charge in [-0.15, -0.1) is 0 Å². The van der Waals surface area contributed by atoms with Gasteiger partial charge in [0, 0.05) is 17.7 Å². The summed E-state index contributed by atoms with van der Waals surface area (Å²) in [7, 11) is 0. The number of nitrogens with one attached hydrogen (secondary N) is 1. The summed E-state index contributed by atoms with van der Waals surface area (Å²) in [4.78, 5) is 23.4. The van der Waals surface area contributed by atoms with E-state index in [0.717, 1.165) is 5.56 Å². The van der Waals surface area contributed by atoms with Crippen LogP contribution in [0.15, 0.2) is 66.7 Å².